The number of hydrogen-bond acceptors (Lipinski definition) is 8. The zero-order valence-corrected chi connectivity index (χ0v) is 21.6. The van der Waals surface area contributed by atoms with Gasteiger partial charge in [-0.25, -0.2) is 9.59 Å². The molecule has 9 nitrogen and oxygen atoms in total. The molecule has 0 bridgehead atoms. The zero-order valence-electron chi connectivity index (χ0n) is 21.6. The predicted octanol–water partition coefficient (Wildman–Crippen LogP) is 4.15. The van der Waals surface area contributed by atoms with Crippen molar-refractivity contribution in [2.24, 2.45) is 5.73 Å². The van der Waals surface area contributed by atoms with Crippen LogP contribution >= 0.6 is 0 Å². The molecule has 3 N–H and O–H groups in total. The van der Waals surface area contributed by atoms with E-state index >= 15 is 0 Å². The van der Waals surface area contributed by atoms with E-state index in [9.17, 15) is 19.6 Å². The molecule has 0 fully saturated rings. The van der Waals surface area contributed by atoms with Gasteiger partial charge in [-0.3, -0.25) is 9.69 Å². The molecule has 39 heavy (non-hydrogen) atoms. The van der Waals surface area contributed by atoms with Crippen LogP contribution in [0.1, 0.15) is 27.4 Å². The molecule has 1 unspecified atom stereocenters. The number of ether oxygens (including phenoxy) is 2. The maximum Gasteiger partial charge on any atom is 0.355 e. The van der Waals surface area contributed by atoms with Crippen molar-refractivity contribution in [3.05, 3.63) is 118 Å². The molecule has 3 aromatic rings. The minimum absolute atomic E-state index is 0.0449. The van der Waals surface area contributed by atoms with Crippen LogP contribution in [0.25, 0.3) is 0 Å². The summed E-state index contributed by atoms with van der Waals surface area (Å²) in [6.07, 6.45) is 0. The van der Waals surface area contributed by atoms with Crippen molar-refractivity contribution in [1.82, 2.24) is 0 Å². The van der Waals surface area contributed by atoms with Gasteiger partial charge in [0.15, 0.2) is 0 Å². The van der Waals surface area contributed by atoms with Gasteiger partial charge in [0.1, 0.15) is 11.5 Å². The van der Waals surface area contributed by atoms with Crippen LogP contribution in [0, 0.1) is 18.3 Å². The highest BCUT2D eigenvalue weighted by Gasteiger charge is 2.43. The summed E-state index contributed by atoms with van der Waals surface area (Å²) in [6, 6.07) is 24.5. The van der Waals surface area contributed by atoms with Crippen LogP contribution in [0.3, 0.4) is 0 Å². The first-order valence-corrected chi connectivity index (χ1v) is 11.9. The number of nitrogens with one attached hydrogen (secondary N) is 1. The molecule has 196 valence electrons. The van der Waals surface area contributed by atoms with Crippen molar-refractivity contribution in [2.45, 2.75) is 12.8 Å². The topological polar surface area (TPSA) is 135 Å². The number of methoxy groups -OCH3 is 2. The smallest absolute Gasteiger partial charge is 0.355 e. The highest BCUT2D eigenvalue weighted by Crippen LogP contribution is 2.43. The zero-order chi connectivity index (χ0) is 28.1. The molecule has 1 aliphatic heterocycles. The third-order valence-corrected chi connectivity index (χ3v) is 6.25. The van der Waals surface area contributed by atoms with Gasteiger partial charge in [-0.05, 0) is 42.8 Å². The van der Waals surface area contributed by atoms with E-state index in [1.54, 1.807) is 72.8 Å². The molecule has 1 heterocycles. The van der Waals surface area contributed by atoms with Crippen molar-refractivity contribution in [3.8, 4) is 6.07 Å². The summed E-state index contributed by atoms with van der Waals surface area (Å²) < 4.78 is 10.1. The molecule has 0 saturated carbocycles. The Bertz CT molecular complexity index is 1550. The number of amides is 1. The van der Waals surface area contributed by atoms with Crippen LogP contribution in [-0.2, 0) is 19.1 Å². The molecule has 4 rings (SSSR count). The molecule has 0 spiro atoms. The fraction of sp³-hybridized carbons (Fsp3) is 0.133. The third kappa shape index (κ3) is 5.22. The molecule has 0 aliphatic carbocycles. The Labute approximate surface area is 225 Å². The van der Waals surface area contributed by atoms with E-state index in [-0.39, 0.29) is 28.6 Å². The van der Waals surface area contributed by atoms with Crippen molar-refractivity contribution in [2.75, 3.05) is 24.4 Å². The van der Waals surface area contributed by atoms with E-state index in [1.807, 2.05) is 13.0 Å². The van der Waals surface area contributed by atoms with Gasteiger partial charge in [-0.1, -0.05) is 54.1 Å². The fourth-order valence-electron chi connectivity index (χ4n) is 4.49. The predicted molar refractivity (Wildman–Crippen MR) is 145 cm³/mol. The van der Waals surface area contributed by atoms with Crippen molar-refractivity contribution in [3.63, 3.8) is 0 Å². The first-order chi connectivity index (χ1) is 18.8. The van der Waals surface area contributed by atoms with Gasteiger partial charge >= 0.3 is 11.9 Å². The Morgan fingerprint density at radius 3 is 2.26 bits per heavy atom. The van der Waals surface area contributed by atoms with Gasteiger partial charge in [0.25, 0.3) is 5.91 Å². The summed E-state index contributed by atoms with van der Waals surface area (Å²) in [6.45, 7) is 1.89. The average molecular weight is 523 g/mol. The first kappa shape index (κ1) is 26.7. The largest absolute Gasteiger partial charge is 0.466 e. The molecular formula is C30H26N4O5. The molecule has 0 aromatic heterocycles. The van der Waals surface area contributed by atoms with E-state index < -0.39 is 17.9 Å². The highest BCUT2D eigenvalue weighted by molar-refractivity contribution is 6.07. The Hall–Kier alpha value is -5.36. The molecule has 1 aliphatic rings. The second kappa shape index (κ2) is 11.4. The van der Waals surface area contributed by atoms with Gasteiger partial charge in [-0.2, -0.15) is 5.26 Å². The number of carbonyl (C=O) groups is 3. The van der Waals surface area contributed by atoms with Crippen molar-refractivity contribution >= 4 is 29.2 Å². The lowest BCUT2D eigenvalue weighted by molar-refractivity contribution is -0.139. The summed E-state index contributed by atoms with van der Waals surface area (Å²) in [4.78, 5) is 40.5. The lowest BCUT2D eigenvalue weighted by Gasteiger charge is -2.36. The monoisotopic (exact) mass is 522 g/mol. The average Bonchev–Trinajstić information content (AvgIpc) is 2.96. The number of allylic oxidation sites excluding steroid dienone is 1. The van der Waals surface area contributed by atoms with Crippen LogP contribution in [0.15, 0.2) is 102 Å². The lowest BCUT2D eigenvalue weighted by Crippen LogP contribution is -2.40. The minimum Gasteiger partial charge on any atom is -0.466 e. The number of aryl methyl sites for hydroxylation is 1. The molecule has 1 amide bonds. The maximum absolute atomic E-state index is 13.2. The van der Waals surface area contributed by atoms with Gasteiger partial charge in [-0.15, -0.1) is 0 Å². The summed E-state index contributed by atoms with van der Waals surface area (Å²) in [5, 5.41) is 13.0. The Morgan fingerprint density at radius 2 is 1.62 bits per heavy atom. The standard InChI is InChI=1S/C30H26N4O5/c1-18-9-7-12-20(15-18)28(35)33-21-13-8-14-22(16-21)34-26(30(37)39-3)25(29(36)38-2)24(23(17-31)27(34)32)19-10-5-4-6-11-19/h4-16,24H,32H2,1-3H3,(H,33,35). The van der Waals surface area contributed by atoms with Crippen LogP contribution in [0.2, 0.25) is 0 Å². The van der Waals surface area contributed by atoms with E-state index in [2.05, 4.69) is 11.4 Å². The van der Waals surface area contributed by atoms with E-state index in [0.29, 0.717) is 22.5 Å². The number of esters is 2. The summed E-state index contributed by atoms with van der Waals surface area (Å²) in [5.74, 6) is -3.05. The minimum atomic E-state index is -0.974. The first-order valence-electron chi connectivity index (χ1n) is 11.9. The quantitative estimate of drug-likeness (QED) is 0.461. The molecule has 9 heteroatoms. The summed E-state index contributed by atoms with van der Waals surface area (Å²) in [5.41, 5.74) is 8.98. The second-order valence-corrected chi connectivity index (χ2v) is 8.71. The Balaban J connectivity index is 1.88. The normalized spacial score (nSPS) is 14.9. The van der Waals surface area contributed by atoms with E-state index in [4.69, 9.17) is 15.2 Å². The molecule has 0 radical (unpaired) electrons. The molecule has 0 saturated heterocycles. The van der Waals surface area contributed by atoms with E-state index in [1.165, 1.54) is 19.1 Å². The number of carbonyl (C=O) groups excluding carboxylic acids is 3. The number of rotatable bonds is 6. The van der Waals surface area contributed by atoms with Crippen LogP contribution in [-0.4, -0.2) is 32.1 Å². The summed E-state index contributed by atoms with van der Waals surface area (Å²) in [7, 11) is 2.37. The van der Waals surface area contributed by atoms with Gasteiger partial charge in [0.05, 0.1) is 37.4 Å². The number of hydrogen-bond donors (Lipinski definition) is 2. The number of benzene rings is 3. The Morgan fingerprint density at radius 1 is 0.923 bits per heavy atom. The van der Waals surface area contributed by atoms with Crippen LogP contribution < -0.4 is 16.0 Å². The fourth-order valence-corrected chi connectivity index (χ4v) is 4.49. The second-order valence-electron chi connectivity index (χ2n) is 8.71. The van der Waals surface area contributed by atoms with Crippen molar-refractivity contribution < 1.29 is 23.9 Å². The van der Waals surface area contributed by atoms with E-state index in [0.717, 1.165) is 5.56 Å². The molecular weight excluding hydrogens is 496 g/mol. The number of nitriles is 1. The number of nitrogens with zero attached hydrogens (tertiary/aromatic N) is 2. The SMILES string of the molecule is COC(=O)C1=C(C(=O)OC)N(c2cccc(NC(=O)c3cccc(C)c3)c2)C(N)=C(C#N)C1c1ccccc1. The van der Waals surface area contributed by atoms with Crippen LogP contribution in [0.4, 0.5) is 11.4 Å². The number of nitrogens with two attached hydrogens (primary N) is 1. The molecule has 3 aromatic carbocycles. The highest BCUT2D eigenvalue weighted by atomic mass is 16.5. The number of anilines is 2. The molecule has 1 atom stereocenters. The van der Waals surface area contributed by atoms with Crippen molar-refractivity contribution in [1.29, 1.82) is 5.26 Å². The van der Waals surface area contributed by atoms with Crippen LogP contribution in [0.5, 0.6) is 0 Å². The van der Waals surface area contributed by atoms with Gasteiger partial charge in [0, 0.05) is 16.9 Å². The van der Waals surface area contributed by atoms with Gasteiger partial charge < -0.3 is 20.5 Å². The maximum atomic E-state index is 13.2. The summed E-state index contributed by atoms with van der Waals surface area (Å²) >= 11 is 0. The van der Waals surface area contributed by atoms with Gasteiger partial charge in [0.2, 0.25) is 0 Å². The Kier molecular flexibility index (Phi) is 7.77. The third-order valence-electron chi connectivity index (χ3n) is 6.25. The lowest BCUT2D eigenvalue weighted by atomic mass is 9.81.